The van der Waals surface area contributed by atoms with Crippen LogP contribution in [0.15, 0.2) is 30.3 Å². The van der Waals surface area contributed by atoms with Gasteiger partial charge in [-0.1, -0.05) is 37.1 Å². The van der Waals surface area contributed by atoms with Crippen molar-refractivity contribution in [1.29, 1.82) is 0 Å². The van der Waals surface area contributed by atoms with Gasteiger partial charge in [-0.3, -0.25) is 4.79 Å². The summed E-state index contributed by atoms with van der Waals surface area (Å²) >= 11 is 1.56. The van der Waals surface area contributed by atoms with Gasteiger partial charge in [0.15, 0.2) is 8.96 Å². The van der Waals surface area contributed by atoms with E-state index in [-0.39, 0.29) is 12.1 Å². The first-order valence-electron chi connectivity index (χ1n) is 6.04. The third-order valence-corrected chi connectivity index (χ3v) is 3.20. The molecule has 1 aromatic rings. The fraction of sp³-hybridized carbons (Fsp3) is 0.462. The molecule has 0 radical (unpaired) electrons. The average molecular weight is 303 g/mol. The van der Waals surface area contributed by atoms with Crippen LogP contribution in [0, 0.1) is 0 Å². The molecule has 1 rings (SSSR count). The summed E-state index contributed by atoms with van der Waals surface area (Å²) in [6, 6.07) is 9.76. The summed E-state index contributed by atoms with van der Waals surface area (Å²) in [5, 5.41) is 0. The highest BCUT2D eigenvalue weighted by molar-refractivity contribution is 7.99. The average Bonchev–Trinajstić information content (AvgIpc) is 2.40. The lowest BCUT2D eigenvalue weighted by Crippen LogP contribution is -2.09. The Bertz CT molecular complexity index is 336. The van der Waals surface area contributed by atoms with Crippen LogP contribution in [0.5, 0.6) is 5.75 Å². The smallest absolute Gasteiger partial charge is 0.305 e. The van der Waals surface area contributed by atoms with Gasteiger partial charge in [0.2, 0.25) is 0 Å². The quantitative estimate of drug-likeness (QED) is 0.375. The molecular formula is C13H22NO3PS. The molecule has 0 heterocycles. The second-order valence-corrected chi connectivity index (χ2v) is 5.35. The number of carbonyl (C=O) groups excluding carboxylic acids is 1. The van der Waals surface area contributed by atoms with Gasteiger partial charge in [0, 0.05) is 6.42 Å². The van der Waals surface area contributed by atoms with Crippen LogP contribution < -0.4 is 9.02 Å². The molecule has 0 saturated carbocycles. The number of rotatable bonds is 6. The monoisotopic (exact) mass is 303 g/mol. The van der Waals surface area contributed by atoms with E-state index < -0.39 is 0 Å². The topological polar surface area (TPSA) is 47.6 Å². The normalized spacial score (nSPS) is 10.2. The second-order valence-electron chi connectivity index (χ2n) is 3.72. The SMILES string of the molecule is CCC(=O)OC(C)C.CSNPOc1ccccc1. The molecular weight excluding hydrogens is 281 g/mol. The molecule has 1 N–H and O–H groups in total. The van der Waals surface area contributed by atoms with E-state index in [1.165, 1.54) is 0 Å². The fourth-order valence-corrected chi connectivity index (χ4v) is 1.71. The maximum Gasteiger partial charge on any atom is 0.305 e. The van der Waals surface area contributed by atoms with Crippen molar-refractivity contribution < 1.29 is 14.1 Å². The van der Waals surface area contributed by atoms with Crippen molar-refractivity contribution >= 4 is 26.9 Å². The van der Waals surface area contributed by atoms with Crippen LogP contribution in [0.2, 0.25) is 0 Å². The molecule has 0 aliphatic rings. The summed E-state index contributed by atoms with van der Waals surface area (Å²) < 4.78 is 13.1. The van der Waals surface area contributed by atoms with Crippen LogP contribution >= 0.6 is 20.9 Å². The number of hydrogen-bond donors (Lipinski definition) is 1. The Labute approximate surface area is 121 Å². The molecule has 0 saturated heterocycles. The van der Waals surface area contributed by atoms with Crippen molar-refractivity contribution in [3.8, 4) is 5.75 Å². The first-order chi connectivity index (χ1) is 9.10. The Morgan fingerprint density at radius 3 is 2.42 bits per heavy atom. The molecule has 0 aromatic heterocycles. The van der Waals surface area contributed by atoms with Crippen LogP contribution in [0.25, 0.3) is 0 Å². The zero-order valence-electron chi connectivity index (χ0n) is 11.8. The van der Waals surface area contributed by atoms with Gasteiger partial charge in [-0.05, 0) is 32.2 Å². The third kappa shape index (κ3) is 12.0. The maximum atomic E-state index is 10.4. The van der Waals surface area contributed by atoms with E-state index in [1.807, 2.05) is 50.4 Å². The Hall–Kier alpha value is -0.770. The number of para-hydroxylation sites is 1. The molecule has 0 bridgehead atoms. The third-order valence-electron chi connectivity index (χ3n) is 1.71. The number of ether oxygens (including phenoxy) is 1. The molecule has 4 nitrogen and oxygen atoms in total. The van der Waals surface area contributed by atoms with Crippen molar-refractivity contribution in [2.24, 2.45) is 0 Å². The molecule has 1 atom stereocenters. The van der Waals surface area contributed by atoms with Crippen molar-refractivity contribution in [2.75, 3.05) is 6.26 Å². The van der Waals surface area contributed by atoms with E-state index in [9.17, 15) is 4.79 Å². The molecule has 0 aliphatic carbocycles. The first kappa shape index (κ1) is 18.2. The summed E-state index contributed by atoms with van der Waals surface area (Å²) in [4.78, 5) is 10.4. The summed E-state index contributed by atoms with van der Waals surface area (Å²) in [5.74, 6) is 0.785. The number of benzene rings is 1. The highest BCUT2D eigenvalue weighted by Crippen LogP contribution is 2.18. The lowest BCUT2D eigenvalue weighted by atomic mass is 10.3. The summed E-state index contributed by atoms with van der Waals surface area (Å²) in [5.41, 5.74) is 0. The summed E-state index contributed by atoms with van der Waals surface area (Å²) in [6.07, 6.45) is 2.47. The van der Waals surface area contributed by atoms with Gasteiger partial charge >= 0.3 is 5.97 Å². The van der Waals surface area contributed by atoms with E-state index in [4.69, 9.17) is 9.26 Å². The van der Waals surface area contributed by atoms with Gasteiger partial charge in [-0.2, -0.15) is 0 Å². The zero-order chi connectivity index (χ0) is 14.5. The van der Waals surface area contributed by atoms with Crippen LogP contribution in [0.3, 0.4) is 0 Å². The van der Waals surface area contributed by atoms with Crippen LogP contribution in [0.1, 0.15) is 27.2 Å². The Kier molecular flexibility index (Phi) is 11.8. The van der Waals surface area contributed by atoms with Crippen LogP contribution in [-0.2, 0) is 9.53 Å². The molecule has 0 fully saturated rings. The van der Waals surface area contributed by atoms with Crippen molar-refractivity contribution in [3.05, 3.63) is 30.3 Å². The summed E-state index contributed by atoms with van der Waals surface area (Å²) in [7, 11) is 0.323. The van der Waals surface area contributed by atoms with E-state index in [1.54, 1.807) is 18.9 Å². The molecule has 1 unspecified atom stereocenters. The fourth-order valence-electron chi connectivity index (χ4n) is 0.956. The molecule has 0 amide bonds. The number of hydrogen-bond acceptors (Lipinski definition) is 5. The van der Waals surface area contributed by atoms with E-state index in [0.717, 1.165) is 5.75 Å². The predicted molar refractivity (Wildman–Crippen MR) is 83.6 cm³/mol. The predicted octanol–water partition coefficient (Wildman–Crippen LogP) is 3.79. The molecule has 6 heteroatoms. The molecule has 0 aliphatic heterocycles. The van der Waals surface area contributed by atoms with Gasteiger partial charge in [0.25, 0.3) is 0 Å². The first-order valence-corrected chi connectivity index (χ1v) is 8.17. The minimum absolute atomic E-state index is 0.0300. The second kappa shape index (κ2) is 12.3. The molecule has 1 aromatic carbocycles. The van der Waals surface area contributed by atoms with Gasteiger partial charge in [0.1, 0.15) is 5.75 Å². The molecule has 108 valence electrons. The highest BCUT2D eigenvalue weighted by atomic mass is 32.2. The maximum absolute atomic E-state index is 10.4. The molecule has 19 heavy (non-hydrogen) atoms. The Balaban J connectivity index is 0.000000362. The highest BCUT2D eigenvalue weighted by Gasteiger charge is 1.98. The van der Waals surface area contributed by atoms with Gasteiger partial charge in [0.05, 0.1) is 6.10 Å². The lowest BCUT2D eigenvalue weighted by Gasteiger charge is -2.04. The Morgan fingerprint density at radius 1 is 1.37 bits per heavy atom. The molecule has 0 spiro atoms. The largest absolute Gasteiger partial charge is 0.463 e. The van der Waals surface area contributed by atoms with Gasteiger partial charge in [-0.15, -0.1) is 0 Å². The summed E-state index contributed by atoms with van der Waals surface area (Å²) in [6.45, 7) is 5.46. The standard InChI is InChI=1S/C7H10NOPS.C6H12O2/c1-11-8-10-9-7-5-3-2-4-6-7;1-4-6(7)8-5(2)3/h2-6,8,10H,1H3;5H,4H2,1-3H3. The van der Waals surface area contributed by atoms with Crippen LogP contribution in [0.4, 0.5) is 0 Å². The van der Waals surface area contributed by atoms with Crippen molar-refractivity contribution in [2.45, 2.75) is 33.3 Å². The lowest BCUT2D eigenvalue weighted by molar-refractivity contribution is -0.146. The van der Waals surface area contributed by atoms with E-state index in [0.29, 0.717) is 15.4 Å². The zero-order valence-corrected chi connectivity index (χ0v) is 13.6. The van der Waals surface area contributed by atoms with E-state index in [2.05, 4.69) is 4.49 Å². The Morgan fingerprint density at radius 2 is 2.00 bits per heavy atom. The number of esters is 1. The minimum Gasteiger partial charge on any atom is -0.463 e. The van der Waals surface area contributed by atoms with Crippen molar-refractivity contribution in [3.63, 3.8) is 0 Å². The van der Waals surface area contributed by atoms with Crippen LogP contribution in [-0.4, -0.2) is 18.3 Å². The van der Waals surface area contributed by atoms with E-state index >= 15 is 0 Å². The van der Waals surface area contributed by atoms with Gasteiger partial charge < -0.3 is 9.26 Å². The number of nitrogens with one attached hydrogen (secondary N) is 1. The minimum atomic E-state index is -0.125. The van der Waals surface area contributed by atoms with Gasteiger partial charge in [-0.25, -0.2) is 4.49 Å². The van der Waals surface area contributed by atoms with Crippen molar-refractivity contribution in [1.82, 2.24) is 4.49 Å². The number of carbonyl (C=O) groups is 1.